The summed E-state index contributed by atoms with van der Waals surface area (Å²) >= 11 is 0. The average Bonchev–Trinajstić information content (AvgIpc) is 2.56. The monoisotopic (exact) mass is 364 g/mol. The second kappa shape index (κ2) is 9.23. The van der Waals surface area contributed by atoms with Gasteiger partial charge in [-0.15, -0.1) is 0 Å². The van der Waals surface area contributed by atoms with Crippen molar-refractivity contribution in [3.05, 3.63) is 29.8 Å². The predicted octanol–water partition coefficient (Wildman–Crippen LogP) is 5.02. The highest BCUT2D eigenvalue weighted by Crippen LogP contribution is 2.36. The van der Waals surface area contributed by atoms with Crippen LogP contribution in [0, 0.1) is 5.41 Å². The third kappa shape index (κ3) is 6.92. The first-order valence-corrected chi connectivity index (χ1v) is 10.2. The highest BCUT2D eigenvalue weighted by atomic mass is 16.5. The van der Waals surface area contributed by atoms with E-state index in [1.54, 1.807) is 0 Å². The Hall–Kier alpha value is -1.06. The minimum absolute atomic E-state index is 0.136. The zero-order valence-electron chi connectivity index (χ0n) is 18.4. The van der Waals surface area contributed by atoms with Crippen LogP contribution >= 0.6 is 0 Å². The number of quaternary nitrogens is 1. The van der Waals surface area contributed by atoms with Crippen molar-refractivity contribution in [2.24, 2.45) is 5.41 Å². The highest BCUT2D eigenvalue weighted by molar-refractivity contribution is 5.31. The van der Waals surface area contributed by atoms with Crippen molar-refractivity contribution < 1.29 is 14.3 Å². The molecule has 0 bridgehead atoms. The largest absolute Gasteiger partial charge is 0.491 e. The highest BCUT2D eigenvalue weighted by Gasteiger charge is 2.27. The Kier molecular flexibility index (Phi) is 8.16. The Bertz CT molecular complexity index is 516. The van der Waals surface area contributed by atoms with Gasteiger partial charge in [0.1, 0.15) is 25.0 Å². The number of nitrogens with zero attached hydrogens (tertiary/aromatic N) is 1. The molecule has 1 N–H and O–H groups in total. The number of aliphatic hydroxyl groups is 1. The fourth-order valence-corrected chi connectivity index (χ4v) is 4.18. The lowest BCUT2D eigenvalue weighted by molar-refractivity contribution is -0.926. The topological polar surface area (TPSA) is 29.5 Å². The third-order valence-electron chi connectivity index (χ3n) is 5.66. The number of hydrogen-bond acceptors (Lipinski definition) is 2. The molecular weight excluding hydrogens is 322 g/mol. The van der Waals surface area contributed by atoms with Crippen molar-refractivity contribution in [1.29, 1.82) is 0 Å². The van der Waals surface area contributed by atoms with E-state index in [4.69, 9.17) is 4.74 Å². The number of likely N-dealkylation sites (N-methyl/N-ethyl adjacent to an activating group) is 1. The molecule has 0 spiro atoms. The zero-order valence-corrected chi connectivity index (χ0v) is 18.4. The summed E-state index contributed by atoms with van der Waals surface area (Å²) in [6, 6.07) is 8.40. The van der Waals surface area contributed by atoms with Crippen molar-refractivity contribution in [1.82, 2.24) is 0 Å². The first-order chi connectivity index (χ1) is 12.0. The van der Waals surface area contributed by atoms with Crippen molar-refractivity contribution >= 4 is 0 Å². The van der Waals surface area contributed by atoms with Gasteiger partial charge in [0.25, 0.3) is 0 Å². The fraction of sp³-hybridized carbons (Fsp3) is 0.739. The molecule has 0 heterocycles. The van der Waals surface area contributed by atoms with E-state index in [0.29, 0.717) is 12.0 Å². The maximum absolute atomic E-state index is 10.4. The van der Waals surface area contributed by atoms with E-state index < -0.39 is 6.10 Å². The maximum Gasteiger partial charge on any atom is 0.137 e. The molecule has 0 aromatic heterocycles. The predicted molar refractivity (Wildman–Crippen MR) is 112 cm³/mol. The minimum Gasteiger partial charge on any atom is -0.491 e. The normalized spacial score (nSPS) is 14.3. The summed E-state index contributed by atoms with van der Waals surface area (Å²) in [4.78, 5) is 0. The van der Waals surface area contributed by atoms with Gasteiger partial charge in [0, 0.05) is 0 Å². The van der Waals surface area contributed by atoms with E-state index in [0.717, 1.165) is 42.8 Å². The molecule has 0 saturated carbocycles. The molecule has 1 rings (SSSR count). The lowest BCUT2D eigenvalue weighted by Gasteiger charge is -2.37. The molecule has 1 aromatic rings. The Morgan fingerprint density at radius 2 is 1.42 bits per heavy atom. The van der Waals surface area contributed by atoms with Crippen LogP contribution in [0.3, 0.4) is 0 Å². The SMILES string of the molecule is CC[N+](CC)(CC)CC(O)COc1ccc(C(C)(C)CC(C)(C)C)cc1. The molecule has 1 aromatic carbocycles. The van der Waals surface area contributed by atoms with Crippen molar-refractivity contribution in [2.75, 3.05) is 32.8 Å². The lowest BCUT2D eigenvalue weighted by atomic mass is 9.72. The first kappa shape index (κ1) is 23.0. The number of ether oxygens (including phenoxy) is 1. The number of rotatable bonds is 10. The minimum atomic E-state index is -0.438. The summed E-state index contributed by atoms with van der Waals surface area (Å²) < 4.78 is 6.79. The molecular formula is C23H42NO2+. The Morgan fingerprint density at radius 1 is 0.923 bits per heavy atom. The zero-order chi connectivity index (χ0) is 20.0. The molecule has 26 heavy (non-hydrogen) atoms. The summed E-state index contributed by atoms with van der Waals surface area (Å²) in [5.41, 5.74) is 1.77. The van der Waals surface area contributed by atoms with Gasteiger partial charge in [0.2, 0.25) is 0 Å². The molecule has 0 saturated heterocycles. The van der Waals surface area contributed by atoms with E-state index in [1.807, 2.05) is 12.1 Å². The van der Waals surface area contributed by atoms with E-state index in [1.165, 1.54) is 5.56 Å². The van der Waals surface area contributed by atoms with Gasteiger partial charge < -0.3 is 14.3 Å². The molecule has 0 aliphatic rings. The van der Waals surface area contributed by atoms with Gasteiger partial charge in [-0.25, -0.2) is 0 Å². The van der Waals surface area contributed by atoms with Crippen LogP contribution in [0.2, 0.25) is 0 Å². The van der Waals surface area contributed by atoms with Crippen LogP contribution in [-0.2, 0) is 5.41 Å². The van der Waals surface area contributed by atoms with Gasteiger partial charge in [-0.1, -0.05) is 46.8 Å². The van der Waals surface area contributed by atoms with Gasteiger partial charge in [-0.05, 0) is 55.7 Å². The van der Waals surface area contributed by atoms with Crippen LogP contribution in [0.1, 0.15) is 67.4 Å². The van der Waals surface area contributed by atoms with Crippen molar-refractivity contribution in [3.63, 3.8) is 0 Å². The quantitative estimate of drug-likeness (QED) is 0.591. The summed E-state index contributed by atoms with van der Waals surface area (Å²) in [6.45, 7) is 22.3. The van der Waals surface area contributed by atoms with Gasteiger partial charge >= 0.3 is 0 Å². The molecule has 0 aliphatic heterocycles. The van der Waals surface area contributed by atoms with E-state index in [-0.39, 0.29) is 5.41 Å². The maximum atomic E-state index is 10.4. The molecule has 0 fully saturated rings. The molecule has 0 aliphatic carbocycles. The van der Waals surface area contributed by atoms with Gasteiger partial charge in [-0.3, -0.25) is 0 Å². The second-order valence-electron chi connectivity index (χ2n) is 9.58. The third-order valence-corrected chi connectivity index (χ3v) is 5.66. The van der Waals surface area contributed by atoms with Gasteiger partial charge in [-0.2, -0.15) is 0 Å². The summed E-state index contributed by atoms with van der Waals surface area (Å²) in [7, 11) is 0. The summed E-state index contributed by atoms with van der Waals surface area (Å²) in [5.74, 6) is 0.835. The summed E-state index contributed by atoms with van der Waals surface area (Å²) in [6.07, 6.45) is 0.691. The smallest absolute Gasteiger partial charge is 0.137 e. The molecule has 3 nitrogen and oxygen atoms in total. The lowest BCUT2D eigenvalue weighted by Crippen LogP contribution is -2.52. The van der Waals surface area contributed by atoms with Crippen LogP contribution in [0.25, 0.3) is 0 Å². The van der Waals surface area contributed by atoms with Crippen molar-refractivity contribution in [3.8, 4) is 5.75 Å². The van der Waals surface area contributed by atoms with Crippen LogP contribution < -0.4 is 4.74 Å². The molecule has 1 atom stereocenters. The fourth-order valence-electron chi connectivity index (χ4n) is 4.18. The Balaban J connectivity index is 2.65. The van der Waals surface area contributed by atoms with Crippen LogP contribution in [-0.4, -0.2) is 48.5 Å². The van der Waals surface area contributed by atoms with E-state index in [9.17, 15) is 5.11 Å². The Labute approximate surface area is 162 Å². The van der Waals surface area contributed by atoms with E-state index >= 15 is 0 Å². The average molecular weight is 365 g/mol. The molecule has 1 unspecified atom stereocenters. The van der Waals surface area contributed by atoms with Crippen LogP contribution in [0.15, 0.2) is 24.3 Å². The Morgan fingerprint density at radius 3 is 1.85 bits per heavy atom. The number of hydrogen-bond donors (Lipinski definition) is 1. The summed E-state index contributed by atoms with van der Waals surface area (Å²) in [5, 5.41) is 10.4. The first-order valence-electron chi connectivity index (χ1n) is 10.2. The van der Waals surface area contributed by atoms with Crippen molar-refractivity contribution in [2.45, 2.75) is 73.3 Å². The second-order valence-corrected chi connectivity index (χ2v) is 9.58. The molecule has 150 valence electrons. The standard InChI is InChI=1S/C23H42NO2/c1-9-24(10-2,11-3)16-20(25)17-26-21-14-12-19(13-15-21)23(7,8)18-22(4,5)6/h12-15,20,25H,9-11,16-18H2,1-8H3/q+1. The molecule has 0 amide bonds. The molecule has 0 radical (unpaired) electrons. The number of benzene rings is 1. The number of aliphatic hydroxyl groups excluding tert-OH is 1. The molecule has 3 heteroatoms. The van der Waals surface area contributed by atoms with Gasteiger partial charge in [0.15, 0.2) is 0 Å². The van der Waals surface area contributed by atoms with Gasteiger partial charge in [0.05, 0.1) is 19.6 Å². The van der Waals surface area contributed by atoms with Crippen LogP contribution in [0.4, 0.5) is 0 Å². The van der Waals surface area contributed by atoms with Crippen LogP contribution in [0.5, 0.6) is 5.75 Å². The van der Waals surface area contributed by atoms with E-state index in [2.05, 4.69) is 67.5 Å².